The van der Waals surface area contributed by atoms with E-state index in [2.05, 4.69) is 265 Å². The van der Waals surface area contributed by atoms with E-state index in [9.17, 15) is 0 Å². The summed E-state index contributed by atoms with van der Waals surface area (Å²) in [5.74, 6) is 0. The van der Waals surface area contributed by atoms with Gasteiger partial charge in [-0.2, -0.15) is 0 Å². The van der Waals surface area contributed by atoms with Crippen LogP contribution >= 0.6 is 0 Å². The number of allylic oxidation sites excluding steroid dienone is 12. The molecule has 1 heteroatoms. The maximum atomic E-state index is 3.50. The van der Waals surface area contributed by atoms with Gasteiger partial charge >= 0.3 is 0 Å². The lowest BCUT2D eigenvalue weighted by atomic mass is 9.99. The molecule has 0 aliphatic heterocycles. The molecule has 2 aliphatic carbocycles. The Labute approximate surface area is 403 Å². The lowest BCUT2D eigenvalue weighted by Gasteiger charge is -2.10. The van der Waals surface area contributed by atoms with Crippen molar-refractivity contribution in [1.29, 1.82) is 0 Å². The molecule has 67 heavy (non-hydrogen) atoms. The standard InChI is InChI=1S/C27H31N.C13H14.2C13H12/c1-4-8-21(2)11-12-22(3)23-13-17-26(18-14-23)28-27-19-15-25(16-20-27)24-9-6-5-7-10-24;3*1-11-7-9-13(10-8-11)12-5-3-2-4-6-12/h6,9-20,28H,4-5,7-8H2,1-3H3;3,5-10H,2,4H2,1H3;2*2-10H,1H3/b21-11-,22-12+;;;. The van der Waals surface area contributed by atoms with Gasteiger partial charge in [-0.25, -0.2) is 0 Å². The van der Waals surface area contributed by atoms with Gasteiger partial charge in [-0.15, -0.1) is 0 Å². The Kier molecular flexibility index (Phi) is 19.6. The Morgan fingerprint density at radius 1 is 0.418 bits per heavy atom. The van der Waals surface area contributed by atoms with Gasteiger partial charge in [-0.05, 0) is 147 Å². The normalized spacial score (nSPS) is 13.0. The van der Waals surface area contributed by atoms with Gasteiger partial charge in [0.15, 0.2) is 0 Å². The van der Waals surface area contributed by atoms with Gasteiger partial charge in [0, 0.05) is 11.4 Å². The van der Waals surface area contributed by atoms with Gasteiger partial charge in [0.1, 0.15) is 0 Å². The lowest BCUT2D eigenvalue weighted by molar-refractivity contribution is 0.906. The highest BCUT2D eigenvalue weighted by molar-refractivity contribution is 5.77. The van der Waals surface area contributed by atoms with E-state index in [-0.39, 0.29) is 0 Å². The summed E-state index contributed by atoms with van der Waals surface area (Å²) in [7, 11) is 0. The molecule has 0 fully saturated rings. The first-order valence-electron chi connectivity index (χ1n) is 24.1. The molecule has 0 aromatic heterocycles. The lowest BCUT2D eigenvalue weighted by Crippen LogP contribution is -1.92. The Morgan fingerprint density at radius 2 is 0.791 bits per heavy atom. The molecule has 0 atom stereocenters. The summed E-state index contributed by atoms with van der Waals surface area (Å²) in [5, 5.41) is 3.50. The fourth-order valence-corrected chi connectivity index (χ4v) is 7.72. The van der Waals surface area contributed by atoms with Crippen LogP contribution in [0.4, 0.5) is 11.4 Å². The molecule has 1 nitrogen and oxygen atoms in total. The van der Waals surface area contributed by atoms with Crippen LogP contribution in [0.2, 0.25) is 0 Å². The molecular formula is C66H69N. The highest BCUT2D eigenvalue weighted by Crippen LogP contribution is 2.26. The summed E-state index contributed by atoms with van der Waals surface area (Å²) in [4.78, 5) is 0. The third-order valence-electron chi connectivity index (χ3n) is 11.8. The van der Waals surface area contributed by atoms with Crippen molar-refractivity contribution in [2.75, 3.05) is 5.32 Å². The predicted octanol–water partition coefficient (Wildman–Crippen LogP) is 19.4. The fraction of sp³-hybridized carbons (Fsp3) is 0.182. The molecule has 7 aromatic carbocycles. The highest BCUT2D eigenvalue weighted by atomic mass is 14.9. The van der Waals surface area contributed by atoms with Crippen LogP contribution in [0.5, 0.6) is 0 Å². The zero-order valence-corrected chi connectivity index (χ0v) is 40.7. The maximum Gasteiger partial charge on any atom is 0.0384 e. The van der Waals surface area contributed by atoms with E-state index in [4.69, 9.17) is 0 Å². The van der Waals surface area contributed by atoms with E-state index >= 15 is 0 Å². The Hall–Kier alpha value is -7.22. The monoisotopic (exact) mass is 876 g/mol. The van der Waals surface area contributed by atoms with Crippen LogP contribution in [0.25, 0.3) is 39.0 Å². The summed E-state index contributed by atoms with van der Waals surface area (Å²) < 4.78 is 0. The van der Waals surface area contributed by atoms with Gasteiger partial charge in [0.05, 0.1) is 0 Å². The second-order valence-corrected chi connectivity index (χ2v) is 17.5. The summed E-state index contributed by atoms with van der Waals surface area (Å²) in [6, 6.07) is 64.1. The van der Waals surface area contributed by atoms with Crippen molar-refractivity contribution in [3.05, 3.63) is 270 Å². The van der Waals surface area contributed by atoms with Crippen molar-refractivity contribution >= 4 is 28.1 Å². The van der Waals surface area contributed by atoms with Crippen LogP contribution in [0, 0.1) is 20.8 Å². The van der Waals surface area contributed by atoms with Crippen molar-refractivity contribution in [3.63, 3.8) is 0 Å². The van der Waals surface area contributed by atoms with Gasteiger partial charge in [0.25, 0.3) is 0 Å². The van der Waals surface area contributed by atoms with E-state index in [0.717, 1.165) is 24.2 Å². The Morgan fingerprint density at radius 3 is 1.18 bits per heavy atom. The SMILES string of the molecule is CCC/C(C)=C\C=C(/C)c1ccc(Nc2ccc(C3=CCCC=C3)cc2)cc1.Cc1ccc(-c2ccccc2)cc1.Cc1ccc(-c2ccccc2)cc1.Cc1ccc(C2=CCCC=C2)cc1. The summed E-state index contributed by atoms with van der Waals surface area (Å²) in [5.41, 5.74) is 20.6. The number of rotatable bonds is 10. The van der Waals surface area contributed by atoms with Gasteiger partial charge in [0.2, 0.25) is 0 Å². The molecule has 0 amide bonds. The molecule has 0 saturated carbocycles. The van der Waals surface area contributed by atoms with Crippen LogP contribution < -0.4 is 5.32 Å². The molecule has 9 rings (SSSR count). The molecule has 0 radical (unpaired) electrons. The maximum absolute atomic E-state index is 3.50. The summed E-state index contributed by atoms with van der Waals surface area (Å²) in [6.07, 6.45) is 25.1. The number of aryl methyl sites for hydroxylation is 3. The van der Waals surface area contributed by atoms with Crippen LogP contribution in [-0.2, 0) is 0 Å². The second-order valence-electron chi connectivity index (χ2n) is 17.5. The third-order valence-corrected chi connectivity index (χ3v) is 11.8. The number of nitrogens with one attached hydrogen (secondary N) is 1. The molecule has 0 saturated heterocycles. The minimum Gasteiger partial charge on any atom is -0.356 e. The second kappa shape index (κ2) is 26.7. The molecule has 0 spiro atoms. The molecule has 0 unspecified atom stereocenters. The Bertz CT molecular complexity index is 2640. The van der Waals surface area contributed by atoms with Gasteiger partial charge < -0.3 is 5.32 Å². The minimum atomic E-state index is 1.11. The molecule has 1 N–H and O–H groups in total. The quantitative estimate of drug-likeness (QED) is 0.135. The zero-order chi connectivity index (χ0) is 47.1. The molecule has 2 aliphatic rings. The first kappa shape index (κ1) is 49.2. The van der Waals surface area contributed by atoms with Gasteiger partial charge in [-0.1, -0.05) is 242 Å². The van der Waals surface area contributed by atoms with Crippen LogP contribution in [-0.4, -0.2) is 0 Å². The van der Waals surface area contributed by atoms with Crippen molar-refractivity contribution in [2.45, 2.75) is 80.1 Å². The number of benzene rings is 7. The van der Waals surface area contributed by atoms with E-state index in [1.54, 1.807) is 0 Å². The van der Waals surface area contributed by atoms with E-state index in [1.807, 2.05) is 12.1 Å². The number of anilines is 2. The molecule has 7 aromatic rings. The topological polar surface area (TPSA) is 12.0 Å². The molecule has 0 bridgehead atoms. The molecular weight excluding hydrogens is 807 g/mol. The Balaban J connectivity index is 0.000000159. The zero-order valence-electron chi connectivity index (χ0n) is 40.7. The van der Waals surface area contributed by atoms with Crippen LogP contribution in [0.3, 0.4) is 0 Å². The fourth-order valence-electron chi connectivity index (χ4n) is 7.72. The minimum absolute atomic E-state index is 1.11. The molecule has 0 heterocycles. The average molecular weight is 876 g/mol. The van der Waals surface area contributed by atoms with Gasteiger partial charge in [-0.3, -0.25) is 0 Å². The highest BCUT2D eigenvalue weighted by Gasteiger charge is 2.04. The average Bonchev–Trinajstić information content (AvgIpc) is 3.38. The number of hydrogen-bond donors (Lipinski definition) is 1. The predicted molar refractivity (Wildman–Crippen MR) is 296 cm³/mol. The smallest absolute Gasteiger partial charge is 0.0384 e. The largest absolute Gasteiger partial charge is 0.356 e. The van der Waals surface area contributed by atoms with Crippen molar-refractivity contribution in [3.8, 4) is 22.3 Å². The third kappa shape index (κ3) is 16.6. The first-order valence-corrected chi connectivity index (χ1v) is 24.1. The van der Waals surface area contributed by atoms with E-state index in [1.165, 1.54) is 104 Å². The summed E-state index contributed by atoms with van der Waals surface area (Å²) >= 11 is 0. The number of hydrogen-bond acceptors (Lipinski definition) is 1. The van der Waals surface area contributed by atoms with Crippen LogP contribution in [0.1, 0.15) is 92.7 Å². The van der Waals surface area contributed by atoms with Crippen molar-refractivity contribution in [1.82, 2.24) is 0 Å². The first-order chi connectivity index (χ1) is 32.7. The van der Waals surface area contributed by atoms with Crippen molar-refractivity contribution in [2.24, 2.45) is 0 Å². The van der Waals surface area contributed by atoms with E-state index < -0.39 is 0 Å². The van der Waals surface area contributed by atoms with E-state index in [0.29, 0.717) is 0 Å². The molecule has 338 valence electrons. The van der Waals surface area contributed by atoms with Crippen LogP contribution in [0.15, 0.2) is 236 Å². The van der Waals surface area contributed by atoms with Crippen molar-refractivity contribution < 1.29 is 0 Å². The summed E-state index contributed by atoms with van der Waals surface area (Å²) in [6.45, 7) is 12.9.